The number of likely N-dealkylation sites (N-methyl/N-ethyl adjacent to an activating group) is 2. The van der Waals surface area contributed by atoms with Gasteiger partial charge in [-0.2, -0.15) is 0 Å². The van der Waals surface area contributed by atoms with Crippen molar-refractivity contribution < 1.29 is 9.53 Å². The average molecular weight is 245 g/mol. The number of carbonyl (C=O) groups is 1. The predicted molar refractivity (Wildman–Crippen MR) is 69.9 cm³/mol. The molecule has 17 heavy (non-hydrogen) atoms. The van der Waals surface area contributed by atoms with Crippen molar-refractivity contribution in [2.24, 2.45) is 5.73 Å². The van der Waals surface area contributed by atoms with Crippen LogP contribution in [0, 0.1) is 0 Å². The van der Waals surface area contributed by atoms with Gasteiger partial charge in [0.2, 0.25) is 0 Å². The van der Waals surface area contributed by atoms with E-state index in [2.05, 4.69) is 42.5 Å². The largest absolute Gasteiger partial charge is 0.468 e. The number of carbonyl (C=O) groups excluding carboxylic acids is 1. The lowest BCUT2D eigenvalue weighted by Gasteiger charge is -2.30. The molecule has 0 aliphatic rings. The van der Waals surface area contributed by atoms with Crippen LogP contribution in [0.5, 0.6) is 0 Å². The highest BCUT2D eigenvalue weighted by Crippen LogP contribution is 2.03. The molecule has 0 aliphatic carbocycles. The Morgan fingerprint density at radius 1 is 1.41 bits per heavy atom. The third-order valence-electron chi connectivity index (χ3n) is 2.89. The summed E-state index contributed by atoms with van der Waals surface area (Å²) in [4.78, 5) is 15.7. The molecule has 0 spiro atoms. The molecule has 5 nitrogen and oxygen atoms in total. The SMILES string of the molecule is CCN(CCC(N)C(=O)OC)C(C)CN(C)C. The van der Waals surface area contributed by atoms with Gasteiger partial charge in [0.1, 0.15) is 6.04 Å². The summed E-state index contributed by atoms with van der Waals surface area (Å²) in [6.07, 6.45) is 0.637. The van der Waals surface area contributed by atoms with Gasteiger partial charge in [0, 0.05) is 19.1 Å². The van der Waals surface area contributed by atoms with Gasteiger partial charge in [-0.25, -0.2) is 0 Å². The summed E-state index contributed by atoms with van der Waals surface area (Å²) in [7, 11) is 5.49. The van der Waals surface area contributed by atoms with Gasteiger partial charge >= 0.3 is 5.97 Å². The van der Waals surface area contributed by atoms with Crippen molar-refractivity contribution in [2.45, 2.75) is 32.4 Å². The van der Waals surface area contributed by atoms with Gasteiger partial charge in [0.05, 0.1) is 7.11 Å². The molecule has 0 heterocycles. The van der Waals surface area contributed by atoms with Gasteiger partial charge in [-0.1, -0.05) is 6.92 Å². The van der Waals surface area contributed by atoms with E-state index in [4.69, 9.17) is 5.73 Å². The zero-order chi connectivity index (χ0) is 13.4. The molecule has 0 saturated heterocycles. The molecule has 0 aliphatic heterocycles. The molecule has 0 aromatic rings. The number of hydrogen-bond acceptors (Lipinski definition) is 5. The normalized spacial score (nSPS) is 15.1. The van der Waals surface area contributed by atoms with Gasteiger partial charge in [-0.3, -0.25) is 9.69 Å². The zero-order valence-corrected chi connectivity index (χ0v) is 11.8. The van der Waals surface area contributed by atoms with Crippen molar-refractivity contribution in [3.05, 3.63) is 0 Å². The van der Waals surface area contributed by atoms with E-state index < -0.39 is 6.04 Å². The Balaban J connectivity index is 4.09. The van der Waals surface area contributed by atoms with E-state index in [0.717, 1.165) is 19.6 Å². The van der Waals surface area contributed by atoms with Crippen molar-refractivity contribution in [1.29, 1.82) is 0 Å². The molecular formula is C12H27N3O2. The molecule has 0 bridgehead atoms. The van der Waals surface area contributed by atoms with Crippen LogP contribution in [0.1, 0.15) is 20.3 Å². The van der Waals surface area contributed by atoms with Crippen molar-refractivity contribution in [1.82, 2.24) is 9.80 Å². The van der Waals surface area contributed by atoms with Crippen LogP contribution < -0.4 is 5.73 Å². The van der Waals surface area contributed by atoms with Gasteiger partial charge in [0.25, 0.3) is 0 Å². The van der Waals surface area contributed by atoms with E-state index in [1.165, 1.54) is 7.11 Å². The van der Waals surface area contributed by atoms with Crippen LogP contribution in [0.4, 0.5) is 0 Å². The van der Waals surface area contributed by atoms with E-state index in [1.54, 1.807) is 0 Å². The van der Waals surface area contributed by atoms with Crippen LogP contribution in [-0.2, 0) is 9.53 Å². The minimum absolute atomic E-state index is 0.332. The molecule has 0 saturated carbocycles. The lowest BCUT2D eigenvalue weighted by molar-refractivity contribution is -0.142. The molecule has 5 heteroatoms. The summed E-state index contributed by atoms with van der Waals surface area (Å²) >= 11 is 0. The average Bonchev–Trinajstić information content (AvgIpc) is 2.27. The minimum atomic E-state index is -0.513. The van der Waals surface area contributed by atoms with Crippen LogP contribution in [0.25, 0.3) is 0 Å². The number of ether oxygens (including phenoxy) is 1. The van der Waals surface area contributed by atoms with Gasteiger partial charge < -0.3 is 15.4 Å². The monoisotopic (exact) mass is 245 g/mol. The van der Waals surface area contributed by atoms with Crippen molar-refractivity contribution in [2.75, 3.05) is 40.8 Å². The molecule has 0 radical (unpaired) electrons. The first kappa shape index (κ1) is 16.4. The van der Waals surface area contributed by atoms with E-state index in [9.17, 15) is 4.79 Å². The molecule has 2 unspecified atom stereocenters. The lowest BCUT2D eigenvalue weighted by atomic mass is 10.2. The minimum Gasteiger partial charge on any atom is -0.468 e. The second-order valence-corrected chi connectivity index (χ2v) is 4.66. The number of esters is 1. The highest BCUT2D eigenvalue weighted by Gasteiger charge is 2.17. The Morgan fingerprint density at radius 3 is 2.41 bits per heavy atom. The first-order valence-corrected chi connectivity index (χ1v) is 6.14. The second-order valence-electron chi connectivity index (χ2n) is 4.66. The maximum atomic E-state index is 11.2. The van der Waals surface area contributed by atoms with E-state index in [-0.39, 0.29) is 5.97 Å². The molecule has 2 atom stereocenters. The number of methoxy groups -OCH3 is 1. The van der Waals surface area contributed by atoms with Gasteiger partial charge in [0.15, 0.2) is 0 Å². The van der Waals surface area contributed by atoms with Crippen molar-refractivity contribution >= 4 is 5.97 Å². The first-order chi connectivity index (χ1) is 7.92. The summed E-state index contributed by atoms with van der Waals surface area (Å²) in [5.74, 6) is -0.332. The van der Waals surface area contributed by atoms with E-state index in [1.807, 2.05) is 0 Å². The maximum absolute atomic E-state index is 11.2. The van der Waals surface area contributed by atoms with Crippen LogP contribution in [0.15, 0.2) is 0 Å². The molecule has 0 fully saturated rings. The Morgan fingerprint density at radius 2 is 2.00 bits per heavy atom. The fraction of sp³-hybridized carbons (Fsp3) is 0.917. The van der Waals surface area contributed by atoms with Gasteiger partial charge in [-0.15, -0.1) is 0 Å². The Hall–Kier alpha value is -0.650. The van der Waals surface area contributed by atoms with Crippen molar-refractivity contribution in [3.8, 4) is 0 Å². The lowest BCUT2D eigenvalue weighted by Crippen LogP contribution is -2.43. The van der Waals surface area contributed by atoms with Crippen LogP contribution in [-0.4, -0.2) is 68.7 Å². The Kier molecular flexibility index (Phi) is 8.12. The fourth-order valence-corrected chi connectivity index (χ4v) is 1.91. The quantitative estimate of drug-likeness (QED) is 0.617. The molecule has 0 aromatic heterocycles. The highest BCUT2D eigenvalue weighted by atomic mass is 16.5. The number of nitrogens with zero attached hydrogens (tertiary/aromatic N) is 2. The molecular weight excluding hydrogens is 218 g/mol. The summed E-state index contributed by atoms with van der Waals surface area (Å²) in [5.41, 5.74) is 5.72. The molecule has 102 valence electrons. The molecule has 0 amide bonds. The first-order valence-electron chi connectivity index (χ1n) is 6.14. The predicted octanol–water partition coefficient (Wildman–Crippen LogP) is 0.149. The summed E-state index contributed by atoms with van der Waals surface area (Å²) < 4.78 is 4.61. The molecule has 2 N–H and O–H groups in total. The smallest absolute Gasteiger partial charge is 0.322 e. The van der Waals surface area contributed by atoms with Crippen LogP contribution in [0.2, 0.25) is 0 Å². The van der Waals surface area contributed by atoms with Crippen LogP contribution in [0.3, 0.4) is 0 Å². The Bertz CT molecular complexity index is 222. The summed E-state index contributed by atoms with van der Waals surface area (Å²) in [6.45, 7) is 7.09. The zero-order valence-electron chi connectivity index (χ0n) is 11.8. The van der Waals surface area contributed by atoms with E-state index >= 15 is 0 Å². The van der Waals surface area contributed by atoms with Crippen molar-refractivity contribution in [3.63, 3.8) is 0 Å². The molecule has 0 rings (SSSR count). The fourth-order valence-electron chi connectivity index (χ4n) is 1.91. The van der Waals surface area contributed by atoms with Crippen LogP contribution >= 0.6 is 0 Å². The third kappa shape index (κ3) is 6.61. The second kappa shape index (κ2) is 8.44. The van der Waals surface area contributed by atoms with Gasteiger partial charge in [-0.05, 0) is 34.0 Å². The topological polar surface area (TPSA) is 58.8 Å². The number of hydrogen-bond donors (Lipinski definition) is 1. The highest BCUT2D eigenvalue weighted by molar-refractivity contribution is 5.75. The van der Waals surface area contributed by atoms with E-state index in [0.29, 0.717) is 12.5 Å². The summed E-state index contributed by atoms with van der Waals surface area (Å²) in [6, 6.07) is -0.0551. The maximum Gasteiger partial charge on any atom is 0.322 e. The number of nitrogens with two attached hydrogens (primary N) is 1. The summed E-state index contributed by atoms with van der Waals surface area (Å²) in [5, 5.41) is 0. The number of rotatable bonds is 8. The molecule has 0 aromatic carbocycles. The standard InChI is InChI=1S/C12H27N3O2/c1-6-15(10(2)9-14(3)4)8-7-11(13)12(16)17-5/h10-11H,6-9,13H2,1-5H3. The third-order valence-corrected chi connectivity index (χ3v) is 2.89. The Labute approximate surface area is 105 Å².